The van der Waals surface area contributed by atoms with E-state index in [1.165, 1.54) is 12.1 Å². The van der Waals surface area contributed by atoms with Crippen LogP contribution < -0.4 is 9.05 Å². The summed E-state index contributed by atoms with van der Waals surface area (Å²) in [5, 5.41) is 2.02. The Bertz CT molecular complexity index is 2210. The van der Waals surface area contributed by atoms with E-state index >= 15 is 0 Å². The number of rotatable bonds is 6. The molecule has 3 aromatic carbocycles. The third-order valence-electron chi connectivity index (χ3n) is 6.91. The highest BCUT2D eigenvalue weighted by molar-refractivity contribution is 7.47. The van der Waals surface area contributed by atoms with E-state index in [-0.39, 0.29) is 11.5 Å². The highest BCUT2D eigenvalue weighted by Gasteiger charge is 2.21. The highest BCUT2D eigenvalue weighted by Crippen LogP contribution is 2.44. The van der Waals surface area contributed by atoms with Crippen LogP contribution in [0.2, 0.25) is 0 Å². The minimum Gasteiger partial charge on any atom is -0.404 e. The Balaban J connectivity index is 1.33. The Hall–Kier alpha value is -4.80. The molecule has 7 rings (SSSR count). The van der Waals surface area contributed by atoms with Crippen LogP contribution in [0, 0.1) is 0 Å². The Morgan fingerprint density at radius 2 is 0.977 bits per heavy atom. The second kappa shape index (κ2) is 10.4. The van der Waals surface area contributed by atoms with E-state index in [1.807, 2.05) is 24.3 Å². The molecule has 0 aliphatic heterocycles. The van der Waals surface area contributed by atoms with E-state index in [0.717, 1.165) is 11.1 Å². The first-order valence-electron chi connectivity index (χ1n) is 13.0. The molecule has 0 saturated heterocycles. The molecule has 0 atom stereocenters. The lowest BCUT2D eigenvalue weighted by molar-refractivity contribution is 0.282. The van der Waals surface area contributed by atoms with Crippen LogP contribution in [0.1, 0.15) is 0 Å². The van der Waals surface area contributed by atoms with E-state index in [4.69, 9.17) is 19.0 Å². The molecule has 4 heterocycles. The van der Waals surface area contributed by atoms with Gasteiger partial charge in [-0.2, -0.15) is 0 Å². The zero-order chi connectivity index (χ0) is 30.6. The zero-order valence-electron chi connectivity index (χ0n) is 22.3. The summed E-state index contributed by atoms with van der Waals surface area (Å²) in [5.74, 6) is 0.0191. The van der Waals surface area contributed by atoms with E-state index in [1.54, 1.807) is 60.9 Å². The number of hydrogen-bond donors (Lipinski definition) is 4. The van der Waals surface area contributed by atoms with Gasteiger partial charge in [0.05, 0.1) is 22.4 Å². The van der Waals surface area contributed by atoms with Crippen molar-refractivity contribution in [3.63, 3.8) is 0 Å². The molecule has 4 aromatic heterocycles. The number of phosphoric ester groups is 2. The molecule has 218 valence electrons. The summed E-state index contributed by atoms with van der Waals surface area (Å²) in [6.07, 6.45) is 3.15. The van der Waals surface area contributed by atoms with Crippen molar-refractivity contribution in [2.45, 2.75) is 0 Å². The third kappa shape index (κ3) is 5.38. The minimum atomic E-state index is -4.80. The molecule has 0 aliphatic carbocycles. The summed E-state index contributed by atoms with van der Waals surface area (Å²) in [6.45, 7) is 0. The molecule has 0 unspecified atom stereocenters. The average Bonchev–Trinajstić information content (AvgIpc) is 2.99. The number of aromatic nitrogens is 4. The lowest BCUT2D eigenvalue weighted by Crippen LogP contribution is -1.95. The monoisotopic (exact) mass is 626 g/mol. The van der Waals surface area contributed by atoms with Crippen LogP contribution in [0.25, 0.3) is 66.1 Å². The van der Waals surface area contributed by atoms with Crippen LogP contribution in [0.4, 0.5) is 0 Å². The predicted molar refractivity (Wildman–Crippen MR) is 164 cm³/mol. The first-order valence-corrected chi connectivity index (χ1v) is 16.1. The van der Waals surface area contributed by atoms with Gasteiger partial charge in [0.2, 0.25) is 0 Å². The van der Waals surface area contributed by atoms with E-state index in [9.17, 15) is 28.7 Å². The Labute approximate surface area is 248 Å². The molecule has 14 heteroatoms. The number of fused-ring (bicyclic) bond motifs is 6. The highest BCUT2D eigenvalue weighted by atomic mass is 31.2. The molecular weight excluding hydrogens is 606 g/mol. The van der Waals surface area contributed by atoms with Gasteiger partial charge >= 0.3 is 15.6 Å². The largest absolute Gasteiger partial charge is 0.524 e. The fraction of sp³-hybridized carbons (Fsp3) is 0. The average molecular weight is 626 g/mol. The van der Waals surface area contributed by atoms with Crippen LogP contribution in [-0.4, -0.2) is 39.5 Å². The predicted octanol–water partition coefficient (Wildman–Crippen LogP) is 6.16. The summed E-state index contributed by atoms with van der Waals surface area (Å²) >= 11 is 0. The molecule has 0 radical (unpaired) electrons. The first kappa shape index (κ1) is 28.0. The minimum absolute atomic E-state index is 0.00953. The maximum Gasteiger partial charge on any atom is 0.524 e. The lowest BCUT2D eigenvalue weighted by atomic mass is 10.0. The summed E-state index contributed by atoms with van der Waals surface area (Å²) in [7, 11) is -9.60. The molecule has 0 fully saturated rings. The van der Waals surface area contributed by atoms with E-state index in [0.29, 0.717) is 55.0 Å². The van der Waals surface area contributed by atoms with Crippen LogP contribution in [-0.2, 0) is 9.13 Å². The standard InChI is InChI=1S/C30H20N4O8P2/c35-43(36,37)41-25-15-19-8-10-23(33-27(19)29-21(25)6-2-12-31-29)17-4-1-5-18(14-17)24-11-9-20-16-26(42-44(38,39)40)22-7-3-13-32-30(22)28(20)34-24/h1-16H,(H2,35,36,37)(H2,38,39,40). The third-order valence-corrected chi connectivity index (χ3v) is 7.78. The van der Waals surface area contributed by atoms with Crippen LogP contribution in [0.15, 0.2) is 97.3 Å². The Kier molecular flexibility index (Phi) is 6.64. The number of benzene rings is 3. The summed E-state index contributed by atoms with van der Waals surface area (Å²) in [4.78, 5) is 56.1. The van der Waals surface area contributed by atoms with Crippen molar-refractivity contribution < 1.29 is 37.8 Å². The fourth-order valence-electron chi connectivity index (χ4n) is 5.14. The van der Waals surface area contributed by atoms with Gasteiger partial charge in [0, 0.05) is 45.1 Å². The topological polar surface area (TPSA) is 185 Å². The summed E-state index contributed by atoms with van der Waals surface area (Å²) < 4.78 is 33.0. The molecule has 0 aliphatic rings. The Morgan fingerprint density at radius 3 is 1.41 bits per heavy atom. The van der Waals surface area contributed by atoms with Crippen molar-refractivity contribution in [1.29, 1.82) is 0 Å². The van der Waals surface area contributed by atoms with Gasteiger partial charge in [0.15, 0.2) is 0 Å². The van der Waals surface area contributed by atoms with Crippen molar-refractivity contribution in [3.8, 4) is 34.0 Å². The molecule has 44 heavy (non-hydrogen) atoms. The molecule has 0 amide bonds. The first-order chi connectivity index (χ1) is 21.0. The van der Waals surface area contributed by atoms with Gasteiger partial charge in [0.1, 0.15) is 22.5 Å². The van der Waals surface area contributed by atoms with Crippen LogP contribution in [0.5, 0.6) is 11.5 Å². The maximum absolute atomic E-state index is 11.6. The van der Waals surface area contributed by atoms with Crippen LogP contribution >= 0.6 is 15.6 Å². The molecule has 0 saturated carbocycles. The van der Waals surface area contributed by atoms with E-state index < -0.39 is 15.6 Å². The fourth-order valence-corrected chi connectivity index (χ4v) is 5.96. The van der Waals surface area contributed by atoms with Gasteiger partial charge in [-0.05, 0) is 54.6 Å². The normalized spacial score (nSPS) is 12.3. The zero-order valence-corrected chi connectivity index (χ0v) is 24.1. The van der Waals surface area contributed by atoms with Crippen molar-refractivity contribution >= 4 is 59.3 Å². The smallest absolute Gasteiger partial charge is 0.404 e. The van der Waals surface area contributed by atoms with Crippen molar-refractivity contribution in [3.05, 3.63) is 97.3 Å². The SMILES string of the molecule is O=P(O)(O)Oc1cc2ccc(-c3cccc(-c4ccc5cc(OP(=O)(O)O)c6cccnc6c5n4)c3)nc2c2ncccc12. The van der Waals surface area contributed by atoms with E-state index in [2.05, 4.69) is 9.97 Å². The molecule has 0 spiro atoms. The summed E-state index contributed by atoms with van der Waals surface area (Å²) in [6, 6.07) is 24.5. The van der Waals surface area contributed by atoms with Crippen LogP contribution in [0.3, 0.4) is 0 Å². The quantitative estimate of drug-likeness (QED) is 0.122. The Morgan fingerprint density at radius 1 is 0.523 bits per heavy atom. The second-order valence-electron chi connectivity index (χ2n) is 9.83. The number of phosphoric acid groups is 2. The van der Waals surface area contributed by atoms with Gasteiger partial charge in [-0.1, -0.05) is 30.3 Å². The second-order valence-corrected chi connectivity index (χ2v) is 12.2. The maximum atomic E-state index is 11.6. The van der Waals surface area contributed by atoms with Gasteiger partial charge in [-0.15, -0.1) is 0 Å². The van der Waals surface area contributed by atoms with Gasteiger partial charge in [0.25, 0.3) is 0 Å². The van der Waals surface area contributed by atoms with Gasteiger partial charge < -0.3 is 9.05 Å². The van der Waals surface area contributed by atoms with Crippen molar-refractivity contribution in [2.75, 3.05) is 0 Å². The lowest BCUT2D eigenvalue weighted by Gasteiger charge is -2.13. The molecule has 7 aromatic rings. The van der Waals surface area contributed by atoms with Crippen molar-refractivity contribution in [1.82, 2.24) is 19.9 Å². The number of hydrogen-bond acceptors (Lipinski definition) is 8. The number of nitrogens with zero attached hydrogens (tertiary/aromatic N) is 4. The molecule has 0 bridgehead atoms. The van der Waals surface area contributed by atoms with Gasteiger partial charge in [-0.25, -0.2) is 19.1 Å². The molecular formula is C30H20N4O8P2. The van der Waals surface area contributed by atoms with Crippen molar-refractivity contribution in [2.24, 2.45) is 0 Å². The summed E-state index contributed by atoms with van der Waals surface area (Å²) in [5.41, 5.74) is 4.81. The number of pyridine rings is 4. The van der Waals surface area contributed by atoms with Gasteiger partial charge in [-0.3, -0.25) is 29.5 Å². The molecule has 4 N–H and O–H groups in total. The molecule has 12 nitrogen and oxygen atoms in total.